The molecule has 1 aliphatic heterocycles. The van der Waals surface area contributed by atoms with Crippen LogP contribution in [0.1, 0.15) is 26.7 Å². The molecule has 1 saturated heterocycles. The van der Waals surface area contributed by atoms with Crippen molar-refractivity contribution in [1.29, 1.82) is 0 Å². The van der Waals surface area contributed by atoms with Crippen LogP contribution in [0.2, 0.25) is 0 Å². The van der Waals surface area contributed by atoms with Gasteiger partial charge in [0.1, 0.15) is 0 Å². The summed E-state index contributed by atoms with van der Waals surface area (Å²) in [6.07, 6.45) is 1.02. The van der Waals surface area contributed by atoms with E-state index in [4.69, 9.17) is 0 Å². The molecule has 0 radical (unpaired) electrons. The highest BCUT2D eigenvalue weighted by Crippen LogP contribution is 2.34. The predicted octanol–water partition coefficient (Wildman–Crippen LogP) is 2.37. The second-order valence-electron chi connectivity index (χ2n) is 3.93. The smallest absolute Gasteiger partial charge is 0.262 e. The lowest BCUT2D eigenvalue weighted by molar-refractivity contribution is 0.0136. The molecule has 2 unspecified atom stereocenters. The SMILES string of the molecule is CCC(C)C1CC(F)(F)CN1C. The van der Waals surface area contributed by atoms with Crippen molar-refractivity contribution in [1.82, 2.24) is 4.90 Å². The number of rotatable bonds is 2. The van der Waals surface area contributed by atoms with Crippen molar-refractivity contribution in [3.8, 4) is 0 Å². The number of hydrogen-bond acceptors (Lipinski definition) is 1. The summed E-state index contributed by atoms with van der Waals surface area (Å²) in [6.45, 7) is 4.03. The first-order valence-electron chi connectivity index (χ1n) is 4.54. The van der Waals surface area contributed by atoms with E-state index in [0.717, 1.165) is 6.42 Å². The summed E-state index contributed by atoms with van der Waals surface area (Å²) in [7, 11) is 1.79. The first-order chi connectivity index (χ1) is 5.46. The van der Waals surface area contributed by atoms with Gasteiger partial charge >= 0.3 is 0 Å². The van der Waals surface area contributed by atoms with E-state index in [0.29, 0.717) is 5.92 Å². The first kappa shape index (κ1) is 9.90. The van der Waals surface area contributed by atoms with Gasteiger partial charge in [0.05, 0.1) is 6.54 Å². The standard InChI is InChI=1S/C9H17F2N/c1-4-7(2)8-5-9(10,11)6-12(8)3/h7-8H,4-6H2,1-3H3. The Labute approximate surface area is 72.7 Å². The normalized spacial score (nSPS) is 32.2. The Balaban J connectivity index is 2.57. The predicted molar refractivity (Wildman–Crippen MR) is 45.4 cm³/mol. The van der Waals surface area contributed by atoms with E-state index >= 15 is 0 Å². The Bertz CT molecular complexity index is 159. The van der Waals surface area contributed by atoms with Gasteiger partial charge in [0.25, 0.3) is 5.92 Å². The summed E-state index contributed by atoms with van der Waals surface area (Å²) in [6, 6.07) is 0.0741. The van der Waals surface area contributed by atoms with Crippen LogP contribution in [0.5, 0.6) is 0 Å². The summed E-state index contributed by atoms with van der Waals surface area (Å²) in [5, 5.41) is 0. The highest BCUT2D eigenvalue weighted by molar-refractivity contribution is 4.90. The zero-order chi connectivity index (χ0) is 9.35. The fourth-order valence-corrected chi connectivity index (χ4v) is 1.92. The molecule has 2 atom stereocenters. The molecule has 0 aromatic carbocycles. The molecule has 0 aromatic heterocycles. The molecule has 1 heterocycles. The third-order valence-electron chi connectivity index (χ3n) is 2.86. The van der Waals surface area contributed by atoms with Crippen LogP contribution >= 0.6 is 0 Å². The highest BCUT2D eigenvalue weighted by Gasteiger charge is 2.44. The molecule has 0 aliphatic carbocycles. The monoisotopic (exact) mass is 177 g/mol. The molecular formula is C9H17F2N. The summed E-state index contributed by atoms with van der Waals surface area (Å²) >= 11 is 0. The van der Waals surface area contributed by atoms with Gasteiger partial charge in [0, 0.05) is 12.5 Å². The number of likely N-dealkylation sites (tertiary alicyclic amines) is 1. The summed E-state index contributed by atoms with van der Waals surface area (Å²) in [5.41, 5.74) is 0. The van der Waals surface area contributed by atoms with Crippen LogP contribution in [0, 0.1) is 5.92 Å². The quantitative estimate of drug-likeness (QED) is 0.626. The summed E-state index contributed by atoms with van der Waals surface area (Å²) in [5.74, 6) is -2.08. The van der Waals surface area contributed by atoms with E-state index in [2.05, 4.69) is 6.92 Å². The lowest BCUT2D eigenvalue weighted by Crippen LogP contribution is -2.30. The first-order valence-corrected chi connectivity index (χ1v) is 4.54. The van der Waals surface area contributed by atoms with Crippen LogP contribution in [-0.4, -0.2) is 30.5 Å². The number of nitrogens with zero attached hydrogens (tertiary/aromatic N) is 1. The van der Waals surface area contributed by atoms with Crippen LogP contribution in [0.25, 0.3) is 0 Å². The average Bonchev–Trinajstić information content (AvgIpc) is 2.23. The summed E-state index contributed by atoms with van der Waals surface area (Å²) < 4.78 is 25.8. The van der Waals surface area contributed by atoms with Crippen LogP contribution in [0.3, 0.4) is 0 Å². The third-order valence-corrected chi connectivity index (χ3v) is 2.86. The van der Waals surface area contributed by atoms with E-state index in [1.54, 1.807) is 11.9 Å². The number of hydrogen-bond donors (Lipinski definition) is 0. The Hall–Kier alpha value is -0.180. The lowest BCUT2D eigenvalue weighted by Gasteiger charge is -2.23. The topological polar surface area (TPSA) is 3.24 Å². The Kier molecular flexibility index (Phi) is 2.71. The number of alkyl halides is 2. The maximum atomic E-state index is 12.9. The molecule has 0 N–H and O–H groups in total. The molecule has 0 amide bonds. The molecule has 1 fully saturated rings. The molecule has 72 valence electrons. The van der Waals surface area contributed by atoms with Gasteiger partial charge in [0.2, 0.25) is 0 Å². The molecule has 0 spiro atoms. The van der Waals surface area contributed by atoms with Crippen LogP contribution in [0.4, 0.5) is 8.78 Å². The Morgan fingerprint density at radius 1 is 1.58 bits per heavy atom. The van der Waals surface area contributed by atoms with Gasteiger partial charge in [-0.25, -0.2) is 8.78 Å². The maximum Gasteiger partial charge on any atom is 0.262 e. The lowest BCUT2D eigenvalue weighted by atomic mass is 9.97. The minimum atomic E-state index is -2.46. The Morgan fingerprint density at radius 2 is 2.17 bits per heavy atom. The second-order valence-corrected chi connectivity index (χ2v) is 3.93. The van der Waals surface area contributed by atoms with E-state index in [1.165, 1.54) is 0 Å². The van der Waals surface area contributed by atoms with Crippen molar-refractivity contribution < 1.29 is 8.78 Å². The van der Waals surface area contributed by atoms with Gasteiger partial charge in [-0.1, -0.05) is 20.3 Å². The van der Waals surface area contributed by atoms with Crippen LogP contribution in [0.15, 0.2) is 0 Å². The van der Waals surface area contributed by atoms with Crippen molar-refractivity contribution in [3.63, 3.8) is 0 Å². The molecule has 0 bridgehead atoms. The van der Waals surface area contributed by atoms with E-state index in [-0.39, 0.29) is 19.0 Å². The van der Waals surface area contributed by atoms with Crippen molar-refractivity contribution in [2.75, 3.05) is 13.6 Å². The van der Waals surface area contributed by atoms with Crippen molar-refractivity contribution in [2.24, 2.45) is 5.92 Å². The molecule has 1 rings (SSSR count). The van der Waals surface area contributed by atoms with Gasteiger partial charge in [0.15, 0.2) is 0 Å². The van der Waals surface area contributed by atoms with Crippen LogP contribution < -0.4 is 0 Å². The largest absolute Gasteiger partial charge is 0.297 e. The van der Waals surface area contributed by atoms with E-state index < -0.39 is 5.92 Å². The summed E-state index contributed by atoms with van der Waals surface area (Å²) in [4.78, 5) is 1.79. The third kappa shape index (κ3) is 1.94. The molecule has 0 saturated carbocycles. The van der Waals surface area contributed by atoms with Crippen molar-refractivity contribution in [2.45, 2.75) is 38.7 Å². The molecular weight excluding hydrogens is 160 g/mol. The number of halogens is 2. The molecule has 3 heteroatoms. The van der Waals surface area contributed by atoms with Gasteiger partial charge < -0.3 is 0 Å². The second kappa shape index (κ2) is 3.29. The van der Waals surface area contributed by atoms with E-state index in [1.807, 2.05) is 6.92 Å². The van der Waals surface area contributed by atoms with Gasteiger partial charge in [-0.15, -0.1) is 0 Å². The van der Waals surface area contributed by atoms with Gasteiger partial charge in [-0.05, 0) is 13.0 Å². The minimum absolute atomic E-state index is 0.0402. The average molecular weight is 177 g/mol. The fourth-order valence-electron chi connectivity index (χ4n) is 1.92. The minimum Gasteiger partial charge on any atom is -0.297 e. The zero-order valence-electron chi connectivity index (χ0n) is 7.98. The van der Waals surface area contributed by atoms with Gasteiger partial charge in [-0.3, -0.25) is 4.90 Å². The highest BCUT2D eigenvalue weighted by atomic mass is 19.3. The van der Waals surface area contributed by atoms with Gasteiger partial charge in [-0.2, -0.15) is 0 Å². The Morgan fingerprint density at radius 3 is 2.50 bits per heavy atom. The van der Waals surface area contributed by atoms with Crippen molar-refractivity contribution >= 4 is 0 Å². The van der Waals surface area contributed by atoms with Crippen molar-refractivity contribution in [3.05, 3.63) is 0 Å². The molecule has 1 aliphatic rings. The van der Waals surface area contributed by atoms with Crippen LogP contribution in [-0.2, 0) is 0 Å². The van der Waals surface area contributed by atoms with E-state index in [9.17, 15) is 8.78 Å². The molecule has 0 aromatic rings. The molecule has 12 heavy (non-hydrogen) atoms. The maximum absolute atomic E-state index is 12.9. The fraction of sp³-hybridized carbons (Fsp3) is 1.00. The molecule has 1 nitrogen and oxygen atoms in total. The zero-order valence-corrected chi connectivity index (χ0v) is 7.98.